The number of halogens is 2. The van der Waals surface area contributed by atoms with Gasteiger partial charge in [-0.1, -0.05) is 36.5 Å². The summed E-state index contributed by atoms with van der Waals surface area (Å²) in [5, 5.41) is 25.6. The average Bonchev–Trinajstić information content (AvgIpc) is 2.44. The number of nitro groups is 2. The number of nitrogens with one attached hydrogen (secondary N) is 1. The van der Waals surface area contributed by atoms with E-state index in [0.29, 0.717) is 12.1 Å². The summed E-state index contributed by atoms with van der Waals surface area (Å²) in [7, 11) is 0. The minimum atomic E-state index is -0.727. The van der Waals surface area contributed by atoms with Crippen LogP contribution in [0.1, 0.15) is 19.8 Å². The third-order valence-electron chi connectivity index (χ3n) is 2.49. The lowest BCUT2D eigenvalue weighted by molar-refractivity contribution is -0.393. The maximum absolute atomic E-state index is 11.0. The molecule has 1 rings (SSSR count). The van der Waals surface area contributed by atoms with Crippen LogP contribution in [0.2, 0.25) is 0 Å². The first kappa shape index (κ1) is 17.9. The van der Waals surface area contributed by atoms with Gasteiger partial charge < -0.3 is 0 Å². The molecule has 10 heteroatoms. The normalized spacial score (nSPS) is 11.0. The van der Waals surface area contributed by atoms with Crippen molar-refractivity contribution < 1.29 is 9.85 Å². The van der Waals surface area contributed by atoms with Crippen LogP contribution >= 0.6 is 23.2 Å². The van der Waals surface area contributed by atoms with Gasteiger partial charge in [-0.3, -0.25) is 25.7 Å². The van der Waals surface area contributed by atoms with Gasteiger partial charge in [0, 0.05) is 6.07 Å². The second kappa shape index (κ2) is 8.30. The van der Waals surface area contributed by atoms with Gasteiger partial charge in [-0.25, -0.2) is 0 Å². The molecule has 1 aromatic rings. The molecule has 0 unspecified atom stereocenters. The van der Waals surface area contributed by atoms with Gasteiger partial charge in [0.2, 0.25) is 0 Å². The Morgan fingerprint density at radius 3 is 2.50 bits per heavy atom. The molecule has 0 amide bonds. The number of anilines is 1. The number of hydrogen-bond donors (Lipinski definition) is 1. The summed E-state index contributed by atoms with van der Waals surface area (Å²) in [4.78, 5) is 20.2. The van der Waals surface area contributed by atoms with Gasteiger partial charge in [-0.05, 0) is 18.6 Å². The zero-order valence-corrected chi connectivity index (χ0v) is 13.0. The van der Waals surface area contributed by atoms with Gasteiger partial charge >= 0.3 is 5.69 Å². The molecule has 0 aromatic heterocycles. The number of hydrogen-bond acceptors (Lipinski definition) is 6. The van der Waals surface area contributed by atoms with E-state index in [1.54, 1.807) is 0 Å². The van der Waals surface area contributed by atoms with E-state index in [1.165, 1.54) is 12.1 Å². The smallest absolute Gasteiger partial charge is 0.271 e. The number of rotatable bonds is 7. The maximum Gasteiger partial charge on any atom is 0.301 e. The van der Waals surface area contributed by atoms with E-state index in [1.807, 2.05) is 6.92 Å². The molecule has 0 saturated carbocycles. The molecule has 0 spiro atoms. The van der Waals surface area contributed by atoms with Crippen molar-refractivity contribution in [3.63, 3.8) is 0 Å². The van der Waals surface area contributed by atoms with Crippen LogP contribution < -0.4 is 5.43 Å². The lowest BCUT2D eigenvalue weighted by atomic mass is 10.2. The highest BCUT2D eigenvalue weighted by Gasteiger charge is 2.19. The van der Waals surface area contributed by atoms with E-state index in [-0.39, 0.29) is 15.9 Å². The van der Waals surface area contributed by atoms with E-state index < -0.39 is 15.5 Å². The van der Waals surface area contributed by atoms with E-state index >= 15 is 0 Å². The molecule has 0 aliphatic rings. The summed E-state index contributed by atoms with van der Waals surface area (Å²) in [5.74, 6) is 0. The van der Waals surface area contributed by atoms with Gasteiger partial charge in [-0.2, -0.15) is 5.10 Å². The fourth-order valence-corrected chi connectivity index (χ4v) is 1.81. The highest BCUT2D eigenvalue weighted by atomic mass is 35.5. The Bertz CT molecular complexity index is 642. The van der Waals surface area contributed by atoms with Crippen LogP contribution in [0.5, 0.6) is 0 Å². The minimum absolute atomic E-state index is 0.00667. The number of allylic oxidation sites excluding steroid dienone is 1. The second-order valence-electron chi connectivity index (χ2n) is 4.11. The van der Waals surface area contributed by atoms with E-state index in [4.69, 9.17) is 23.2 Å². The highest BCUT2D eigenvalue weighted by molar-refractivity contribution is 6.56. The number of non-ortho nitro benzene ring substituents is 1. The summed E-state index contributed by atoms with van der Waals surface area (Å²) in [6.45, 7) is 1.92. The molecule has 118 valence electrons. The topological polar surface area (TPSA) is 111 Å². The predicted octanol–water partition coefficient (Wildman–Crippen LogP) is 4.39. The highest BCUT2D eigenvalue weighted by Crippen LogP contribution is 2.29. The number of nitrogens with zero attached hydrogens (tertiary/aromatic N) is 3. The monoisotopic (exact) mass is 346 g/mol. The van der Waals surface area contributed by atoms with Crippen LogP contribution in [-0.2, 0) is 0 Å². The van der Waals surface area contributed by atoms with Gasteiger partial charge in [-0.15, -0.1) is 0 Å². The standard InChI is InChI=1S/C12H12Cl2N4O4/c1-2-3-8(6-12(13)14)15-16-10-5-4-9(17(19)20)7-11(10)18(21)22/h4-7,16H,2-3H2,1H3/b15-8+. The van der Waals surface area contributed by atoms with Crippen LogP contribution in [0, 0.1) is 20.2 Å². The number of nitro benzene ring substituents is 2. The Hall–Kier alpha value is -2.19. The molecule has 22 heavy (non-hydrogen) atoms. The largest absolute Gasteiger partial charge is 0.301 e. The van der Waals surface area contributed by atoms with Crippen LogP contribution in [0.4, 0.5) is 17.1 Å². The Morgan fingerprint density at radius 2 is 2.00 bits per heavy atom. The van der Waals surface area contributed by atoms with Crippen molar-refractivity contribution in [2.24, 2.45) is 5.10 Å². The Labute approximate surface area is 135 Å². The quantitative estimate of drug-likeness (QED) is 0.447. The van der Waals surface area contributed by atoms with Gasteiger partial charge in [0.15, 0.2) is 0 Å². The zero-order chi connectivity index (χ0) is 16.7. The molecule has 0 aliphatic carbocycles. The molecule has 0 aliphatic heterocycles. The van der Waals surface area contributed by atoms with Gasteiger partial charge in [0.05, 0.1) is 21.6 Å². The van der Waals surface area contributed by atoms with Crippen molar-refractivity contribution in [2.45, 2.75) is 19.8 Å². The lowest BCUT2D eigenvalue weighted by Crippen LogP contribution is -2.02. The zero-order valence-electron chi connectivity index (χ0n) is 11.5. The number of benzene rings is 1. The lowest BCUT2D eigenvalue weighted by Gasteiger charge is -2.04. The molecule has 1 aromatic carbocycles. The molecular weight excluding hydrogens is 335 g/mol. The summed E-state index contributed by atoms with van der Waals surface area (Å²) >= 11 is 11.1. The molecule has 0 fully saturated rings. The Kier molecular flexibility index (Phi) is 6.74. The summed E-state index contributed by atoms with van der Waals surface area (Å²) in [5.41, 5.74) is 2.21. The van der Waals surface area contributed by atoms with Crippen molar-refractivity contribution in [1.29, 1.82) is 0 Å². The third-order valence-corrected chi connectivity index (χ3v) is 2.71. The van der Waals surface area contributed by atoms with Crippen molar-refractivity contribution in [3.8, 4) is 0 Å². The Balaban J connectivity index is 3.13. The third kappa shape index (κ3) is 5.30. The SMILES string of the molecule is CCC/C(C=C(Cl)Cl)=N\Nc1ccc([N+](=O)[O-])cc1[N+](=O)[O-]. The first-order valence-corrected chi connectivity index (χ1v) is 6.88. The van der Waals surface area contributed by atoms with E-state index in [0.717, 1.165) is 18.6 Å². The summed E-state index contributed by atoms with van der Waals surface area (Å²) < 4.78 is 0.00667. The average molecular weight is 347 g/mol. The molecule has 8 nitrogen and oxygen atoms in total. The van der Waals surface area contributed by atoms with Crippen LogP contribution in [0.3, 0.4) is 0 Å². The first-order valence-electron chi connectivity index (χ1n) is 6.13. The van der Waals surface area contributed by atoms with Crippen LogP contribution in [-0.4, -0.2) is 15.6 Å². The minimum Gasteiger partial charge on any atom is -0.271 e. The van der Waals surface area contributed by atoms with Crippen LogP contribution in [0.25, 0.3) is 0 Å². The molecule has 0 bridgehead atoms. The van der Waals surface area contributed by atoms with Crippen molar-refractivity contribution >= 4 is 46.0 Å². The first-order chi connectivity index (χ1) is 10.3. The number of hydrazone groups is 1. The van der Waals surface area contributed by atoms with Crippen molar-refractivity contribution in [2.75, 3.05) is 5.43 Å². The Morgan fingerprint density at radius 1 is 1.32 bits per heavy atom. The van der Waals surface area contributed by atoms with Crippen LogP contribution in [0.15, 0.2) is 33.9 Å². The van der Waals surface area contributed by atoms with Crippen molar-refractivity contribution in [3.05, 3.63) is 49.0 Å². The molecule has 1 N–H and O–H groups in total. The summed E-state index contributed by atoms with van der Waals surface area (Å²) in [6, 6.07) is 3.23. The maximum atomic E-state index is 11.0. The van der Waals surface area contributed by atoms with E-state index in [9.17, 15) is 20.2 Å². The fourth-order valence-electron chi connectivity index (χ4n) is 1.55. The van der Waals surface area contributed by atoms with Gasteiger partial charge in [0.25, 0.3) is 5.69 Å². The fraction of sp³-hybridized carbons (Fsp3) is 0.250. The molecule has 0 heterocycles. The molecule has 0 atom stereocenters. The predicted molar refractivity (Wildman–Crippen MR) is 85.5 cm³/mol. The van der Waals surface area contributed by atoms with Crippen molar-refractivity contribution in [1.82, 2.24) is 0 Å². The molecular formula is C12H12Cl2N4O4. The van der Waals surface area contributed by atoms with E-state index in [2.05, 4.69) is 10.5 Å². The summed E-state index contributed by atoms with van der Waals surface area (Å²) in [6.07, 6.45) is 2.73. The molecule has 0 saturated heterocycles. The second-order valence-corrected chi connectivity index (χ2v) is 5.12. The molecule has 0 radical (unpaired) electrons. The van der Waals surface area contributed by atoms with Gasteiger partial charge in [0.1, 0.15) is 10.2 Å².